The van der Waals surface area contributed by atoms with Gasteiger partial charge in [-0.15, -0.1) is 0 Å². The van der Waals surface area contributed by atoms with Crippen molar-refractivity contribution in [3.8, 4) is 0 Å². The summed E-state index contributed by atoms with van der Waals surface area (Å²) in [5.41, 5.74) is 3.76. The molecule has 1 aromatic carbocycles. The molecule has 1 amide bonds. The highest BCUT2D eigenvalue weighted by Crippen LogP contribution is 2.27. The molecular formula is C26H33N3O3. The van der Waals surface area contributed by atoms with Crippen molar-refractivity contribution >= 4 is 5.91 Å². The average Bonchev–Trinajstić information content (AvgIpc) is 3.20. The molecule has 1 atom stereocenters. The summed E-state index contributed by atoms with van der Waals surface area (Å²) < 4.78 is 11.9. The molecule has 2 aliphatic heterocycles. The summed E-state index contributed by atoms with van der Waals surface area (Å²) in [6.45, 7) is 4.80. The van der Waals surface area contributed by atoms with E-state index in [1.54, 1.807) is 6.20 Å². The number of fused-ring (bicyclic) bond motifs is 1. The van der Waals surface area contributed by atoms with E-state index in [1.165, 1.54) is 11.1 Å². The van der Waals surface area contributed by atoms with Crippen LogP contribution in [0.5, 0.6) is 0 Å². The molecular weight excluding hydrogens is 402 g/mol. The van der Waals surface area contributed by atoms with Gasteiger partial charge in [0.25, 0.3) is 0 Å². The normalized spacial score (nSPS) is 23.3. The fourth-order valence-electron chi connectivity index (χ4n) is 5.29. The zero-order valence-electron chi connectivity index (χ0n) is 18.7. The molecule has 2 aromatic rings. The van der Waals surface area contributed by atoms with Crippen LogP contribution in [0, 0.1) is 5.92 Å². The van der Waals surface area contributed by atoms with Gasteiger partial charge in [0, 0.05) is 45.1 Å². The molecule has 0 radical (unpaired) electrons. The number of aromatic nitrogens is 1. The Morgan fingerprint density at radius 3 is 2.47 bits per heavy atom. The Morgan fingerprint density at radius 1 is 1.00 bits per heavy atom. The van der Waals surface area contributed by atoms with Crippen molar-refractivity contribution in [2.24, 2.45) is 5.92 Å². The SMILES string of the molecule is O=C1CN(C2Cc3ccccc3C2)C[C@H](OCc2ccccn2)CN1CC1CCOCC1. The minimum Gasteiger partial charge on any atom is -0.381 e. The Balaban J connectivity index is 1.29. The molecule has 5 rings (SSSR count). The first-order chi connectivity index (χ1) is 15.7. The molecule has 2 saturated heterocycles. The molecule has 6 heteroatoms. The van der Waals surface area contributed by atoms with Gasteiger partial charge in [-0.2, -0.15) is 0 Å². The number of carbonyl (C=O) groups is 1. The first kappa shape index (κ1) is 21.6. The van der Waals surface area contributed by atoms with E-state index < -0.39 is 0 Å². The Kier molecular flexibility index (Phi) is 6.81. The van der Waals surface area contributed by atoms with Gasteiger partial charge in [-0.3, -0.25) is 14.7 Å². The number of carbonyl (C=O) groups excluding carboxylic acids is 1. The molecule has 0 saturated carbocycles. The highest BCUT2D eigenvalue weighted by molar-refractivity contribution is 5.78. The maximum atomic E-state index is 13.3. The topological polar surface area (TPSA) is 54.9 Å². The van der Waals surface area contributed by atoms with Crippen LogP contribution in [0.2, 0.25) is 0 Å². The monoisotopic (exact) mass is 435 g/mol. The van der Waals surface area contributed by atoms with Crippen LogP contribution in [0.1, 0.15) is 29.7 Å². The summed E-state index contributed by atoms with van der Waals surface area (Å²) in [4.78, 5) is 22.2. The van der Waals surface area contributed by atoms with E-state index in [2.05, 4.69) is 39.0 Å². The number of rotatable bonds is 6. The van der Waals surface area contributed by atoms with Gasteiger partial charge < -0.3 is 14.4 Å². The van der Waals surface area contributed by atoms with Crippen LogP contribution in [0.25, 0.3) is 0 Å². The molecule has 0 N–H and O–H groups in total. The first-order valence-corrected chi connectivity index (χ1v) is 11.9. The van der Waals surface area contributed by atoms with E-state index in [9.17, 15) is 4.79 Å². The van der Waals surface area contributed by atoms with Crippen LogP contribution < -0.4 is 0 Å². The molecule has 0 spiro atoms. The number of ether oxygens (including phenoxy) is 2. The highest BCUT2D eigenvalue weighted by atomic mass is 16.5. The van der Waals surface area contributed by atoms with Crippen molar-refractivity contribution < 1.29 is 14.3 Å². The van der Waals surface area contributed by atoms with E-state index in [0.29, 0.717) is 31.7 Å². The van der Waals surface area contributed by atoms with Gasteiger partial charge in [-0.1, -0.05) is 30.3 Å². The maximum absolute atomic E-state index is 13.3. The summed E-state index contributed by atoms with van der Waals surface area (Å²) in [6, 6.07) is 14.9. The van der Waals surface area contributed by atoms with E-state index in [-0.39, 0.29) is 12.0 Å². The lowest BCUT2D eigenvalue weighted by Gasteiger charge is -2.30. The Bertz CT molecular complexity index is 875. The molecule has 170 valence electrons. The highest BCUT2D eigenvalue weighted by Gasteiger charge is 2.35. The van der Waals surface area contributed by atoms with Crippen molar-refractivity contribution in [1.29, 1.82) is 0 Å². The summed E-state index contributed by atoms with van der Waals surface area (Å²) in [5, 5.41) is 0. The fourth-order valence-corrected chi connectivity index (χ4v) is 5.29. The predicted octanol–water partition coefficient (Wildman–Crippen LogP) is 2.71. The molecule has 1 aromatic heterocycles. The molecule has 6 nitrogen and oxygen atoms in total. The van der Waals surface area contributed by atoms with Crippen molar-refractivity contribution in [3.05, 3.63) is 65.5 Å². The van der Waals surface area contributed by atoms with Crippen LogP contribution in [0.15, 0.2) is 48.7 Å². The van der Waals surface area contributed by atoms with Crippen LogP contribution in [-0.2, 0) is 33.7 Å². The van der Waals surface area contributed by atoms with Gasteiger partial charge in [-0.05, 0) is 54.9 Å². The average molecular weight is 436 g/mol. The third-order valence-corrected chi connectivity index (χ3v) is 7.11. The third kappa shape index (κ3) is 5.20. The van der Waals surface area contributed by atoms with E-state index in [4.69, 9.17) is 9.47 Å². The lowest BCUT2D eigenvalue weighted by Crippen LogP contribution is -2.43. The standard InChI is InChI=1S/C26H33N3O3/c30-26-18-28(24-13-21-5-1-2-6-22(21)14-24)16-25(32-19-23-7-3-4-10-27-23)17-29(26)15-20-8-11-31-12-9-20/h1-7,10,20,24-25H,8-9,11-19H2/t25-/m0/s1. The quantitative estimate of drug-likeness (QED) is 0.698. The molecule has 3 aliphatic rings. The van der Waals surface area contributed by atoms with Gasteiger partial charge in [0.15, 0.2) is 0 Å². The second-order valence-corrected chi connectivity index (χ2v) is 9.37. The molecule has 1 aliphatic carbocycles. The zero-order valence-corrected chi connectivity index (χ0v) is 18.7. The van der Waals surface area contributed by atoms with Gasteiger partial charge in [0.2, 0.25) is 5.91 Å². The second kappa shape index (κ2) is 10.1. The lowest BCUT2D eigenvalue weighted by atomic mass is 9.99. The number of amides is 1. The first-order valence-electron chi connectivity index (χ1n) is 11.9. The van der Waals surface area contributed by atoms with Gasteiger partial charge in [0.05, 0.1) is 24.9 Å². The van der Waals surface area contributed by atoms with Crippen LogP contribution in [0.3, 0.4) is 0 Å². The Hall–Kier alpha value is -2.28. The van der Waals surface area contributed by atoms with Gasteiger partial charge in [-0.25, -0.2) is 0 Å². The predicted molar refractivity (Wildman–Crippen MR) is 122 cm³/mol. The van der Waals surface area contributed by atoms with Gasteiger partial charge in [0.1, 0.15) is 0 Å². The minimum atomic E-state index is -0.0213. The molecule has 0 bridgehead atoms. The number of nitrogens with zero attached hydrogens (tertiary/aromatic N) is 3. The van der Waals surface area contributed by atoms with Crippen LogP contribution >= 0.6 is 0 Å². The Morgan fingerprint density at radius 2 is 1.75 bits per heavy atom. The second-order valence-electron chi connectivity index (χ2n) is 9.37. The summed E-state index contributed by atoms with van der Waals surface area (Å²) in [6.07, 6.45) is 5.86. The van der Waals surface area contributed by atoms with Crippen LogP contribution in [-0.4, -0.2) is 72.2 Å². The summed E-state index contributed by atoms with van der Waals surface area (Å²) in [7, 11) is 0. The Labute approximate surface area is 190 Å². The lowest BCUT2D eigenvalue weighted by molar-refractivity contribution is -0.133. The maximum Gasteiger partial charge on any atom is 0.236 e. The molecule has 32 heavy (non-hydrogen) atoms. The smallest absolute Gasteiger partial charge is 0.236 e. The molecule has 0 unspecified atom stereocenters. The third-order valence-electron chi connectivity index (χ3n) is 7.11. The number of hydrogen-bond donors (Lipinski definition) is 0. The largest absolute Gasteiger partial charge is 0.381 e. The van der Waals surface area contributed by atoms with Gasteiger partial charge >= 0.3 is 0 Å². The summed E-state index contributed by atoms with van der Waals surface area (Å²) >= 11 is 0. The van der Waals surface area contributed by atoms with E-state index in [0.717, 1.165) is 57.7 Å². The van der Waals surface area contributed by atoms with Crippen molar-refractivity contribution in [1.82, 2.24) is 14.8 Å². The molecule has 2 fully saturated rings. The number of hydrogen-bond acceptors (Lipinski definition) is 5. The van der Waals surface area contributed by atoms with Crippen molar-refractivity contribution in [2.45, 2.75) is 44.4 Å². The minimum absolute atomic E-state index is 0.0213. The van der Waals surface area contributed by atoms with Crippen molar-refractivity contribution in [3.63, 3.8) is 0 Å². The van der Waals surface area contributed by atoms with E-state index in [1.807, 2.05) is 18.2 Å². The fraction of sp³-hybridized carbons (Fsp3) is 0.538. The molecule has 3 heterocycles. The number of benzene rings is 1. The zero-order chi connectivity index (χ0) is 21.8. The van der Waals surface area contributed by atoms with Crippen LogP contribution in [0.4, 0.5) is 0 Å². The van der Waals surface area contributed by atoms with E-state index >= 15 is 0 Å². The number of pyridine rings is 1. The summed E-state index contributed by atoms with van der Waals surface area (Å²) in [5.74, 6) is 0.753. The van der Waals surface area contributed by atoms with Crippen molar-refractivity contribution in [2.75, 3.05) is 39.4 Å².